The average molecular weight is 303 g/mol. The third-order valence-electron chi connectivity index (χ3n) is 3.73. The van der Waals surface area contributed by atoms with Crippen molar-refractivity contribution in [2.24, 2.45) is 0 Å². The first kappa shape index (κ1) is 14.2. The Balaban J connectivity index is 1.92. The fourth-order valence-electron chi connectivity index (χ4n) is 2.45. The van der Waals surface area contributed by atoms with E-state index in [1.165, 1.54) is 11.3 Å². The van der Waals surface area contributed by atoms with Crippen molar-refractivity contribution in [3.8, 4) is 0 Å². The van der Waals surface area contributed by atoms with E-state index in [-0.39, 0.29) is 12.0 Å². The Morgan fingerprint density at radius 1 is 1.52 bits per heavy atom. The number of aromatic nitrogens is 2. The molecule has 0 aromatic carbocycles. The minimum atomic E-state index is -0.0923. The van der Waals surface area contributed by atoms with Crippen molar-refractivity contribution in [1.29, 1.82) is 0 Å². The van der Waals surface area contributed by atoms with Crippen LogP contribution < -0.4 is 4.90 Å². The summed E-state index contributed by atoms with van der Waals surface area (Å²) in [6.07, 6.45) is 4.32. The highest BCUT2D eigenvalue weighted by atomic mass is 32.1. The smallest absolute Gasteiger partial charge is 0.270 e. The third kappa shape index (κ3) is 2.45. The van der Waals surface area contributed by atoms with Crippen LogP contribution in [0.4, 0.5) is 5.69 Å². The molecule has 0 saturated heterocycles. The summed E-state index contributed by atoms with van der Waals surface area (Å²) in [7, 11) is 1.65. The third-order valence-corrected chi connectivity index (χ3v) is 5.03. The number of rotatable bonds is 3. The van der Waals surface area contributed by atoms with Crippen LogP contribution in [0.15, 0.2) is 18.5 Å². The van der Waals surface area contributed by atoms with Gasteiger partial charge in [0.2, 0.25) is 0 Å². The van der Waals surface area contributed by atoms with Crippen molar-refractivity contribution in [3.63, 3.8) is 0 Å². The van der Waals surface area contributed by atoms with Gasteiger partial charge >= 0.3 is 0 Å². The Bertz CT molecular complexity index is 683. The molecule has 3 heterocycles. The summed E-state index contributed by atoms with van der Waals surface area (Å²) >= 11 is 1.42. The largest absolute Gasteiger partial charge is 0.375 e. The van der Waals surface area contributed by atoms with E-state index >= 15 is 0 Å². The van der Waals surface area contributed by atoms with E-state index < -0.39 is 0 Å². The van der Waals surface area contributed by atoms with Crippen LogP contribution in [0.2, 0.25) is 0 Å². The first-order chi connectivity index (χ1) is 10.1. The molecule has 0 bridgehead atoms. The number of hydrogen-bond donors (Lipinski definition) is 0. The van der Waals surface area contributed by atoms with E-state index in [0.29, 0.717) is 11.4 Å². The van der Waals surface area contributed by atoms with Crippen molar-refractivity contribution < 1.29 is 9.53 Å². The van der Waals surface area contributed by atoms with Crippen LogP contribution in [0.1, 0.15) is 39.0 Å². The second-order valence-corrected chi connectivity index (χ2v) is 6.09. The summed E-state index contributed by atoms with van der Waals surface area (Å²) < 4.78 is 5.28. The summed E-state index contributed by atoms with van der Waals surface area (Å²) in [5.41, 5.74) is 2.86. The van der Waals surface area contributed by atoms with Crippen LogP contribution in [0.5, 0.6) is 0 Å². The number of nitrogens with zero attached hydrogens (tertiary/aromatic N) is 3. The zero-order chi connectivity index (χ0) is 15.0. The standard InChI is InChI=1S/C15H17N3O2S/c1-9-13(21-14(17-9)10(2)20-3)15(19)18-7-5-11-8-16-6-4-12(11)18/h4,6,8,10H,5,7H2,1-3H3. The molecule has 1 aliphatic rings. The highest BCUT2D eigenvalue weighted by Crippen LogP contribution is 2.31. The van der Waals surface area contributed by atoms with Crippen LogP contribution in [0.3, 0.4) is 0 Å². The molecule has 2 aromatic heterocycles. The van der Waals surface area contributed by atoms with Crippen molar-refractivity contribution in [3.05, 3.63) is 39.6 Å². The Morgan fingerprint density at radius 2 is 2.33 bits per heavy atom. The van der Waals surface area contributed by atoms with E-state index in [4.69, 9.17) is 4.74 Å². The molecule has 0 fully saturated rings. The molecule has 1 amide bonds. The highest BCUT2D eigenvalue weighted by Gasteiger charge is 2.28. The molecule has 6 heteroatoms. The number of pyridine rings is 1. The highest BCUT2D eigenvalue weighted by molar-refractivity contribution is 7.14. The molecule has 0 N–H and O–H groups in total. The van der Waals surface area contributed by atoms with Gasteiger partial charge in [-0.2, -0.15) is 0 Å². The van der Waals surface area contributed by atoms with E-state index in [0.717, 1.165) is 28.4 Å². The number of aryl methyl sites for hydroxylation is 1. The number of carbonyl (C=O) groups excluding carboxylic acids is 1. The lowest BCUT2D eigenvalue weighted by Gasteiger charge is -2.16. The number of hydrogen-bond acceptors (Lipinski definition) is 5. The van der Waals surface area contributed by atoms with E-state index in [1.54, 1.807) is 13.3 Å². The molecule has 21 heavy (non-hydrogen) atoms. The molecule has 2 aromatic rings. The molecule has 1 aliphatic heterocycles. The predicted molar refractivity (Wildman–Crippen MR) is 81.9 cm³/mol. The zero-order valence-corrected chi connectivity index (χ0v) is 13.1. The van der Waals surface area contributed by atoms with Crippen LogP contribution in [0, 0.1) is 6.92 Å². The maximum Gasteiger partial charge on any atom is 0.270 e. The van der Waals surface area contributed by atoms with Gasteiger partial charge in [0.25, 0.3) is 5.91 Å². The van der Waals surface area contributed by atoms with Gasteiger partial charge in [0.05, 0.1) is 11.4 Å². The summed E-state index contributed by atoms with van der Waals surface area (Å²) in [5.74, 6) is 0.0181. The number of anilines is 1. The van der Waals surface area contributed by atoms with Crippen molar-refractivity contribution >= 4 is 22.9 Å². The van der Waals surface area contributed by atoms with Crippen LogP contribution in [0.25, 0.3) is 0 Å². The van der Waals surface area contributed by atoms with Gasteiger partial charge in [-0.3, -0.25) is 9.78 Å². The minimum Gasteiger partial charge on any atom is -0.375 e. The van der Waals surface area contributed by atoms with Crippen molar-refractivity contribution in [2.75, 3.05) is 18.6 Å². The molecule has 0 spiro atoms. The van der Waals surface area contributed by atoms with Crippen LogP contribution in [-0.2, 0) is 11.2 Å². The lowest BCUT2D eigenvalue weighted by atomic mass is 10.2. The summed E-state index contributed by atoms with van der Waals surface area (Å²) in [6.45, 7) is 4.51. The maximum absolute atomic E-state index is 12.8. The molecule has 3 rings (SSSR count). The van der Waals surface area contributed by atoms with Crippen LogP contribution >= 0.6 is 11.3 Å². The van der Waals surface area contributed by atoms with Gasteiger partial charge < -0.3 is 9.64 Å². The Hall–Kier alpha value is -1.79. The fraction of sp³-hybridized carbons (Fsp3) is 0.400. The van der Waals surface area contributed by atoms with Gasteiger partial charge in [-0.25, -0.2) is 4.98 Å². The summed E-state index contributed by atoms with van der Waals surface area (Å²) in [5, 5.41) is 0.840. The minimum absolute atomic E-state index is 0.0181. The zero-order valence-electron chi connectivity index (χ0n) is 12.3. The Morgan fingerprint density at radius 3 is 3.10 bits per heavy atom. The summed E-state index contributed by atoms with van der Waals surface area (Å²) in [4.78, 5) is 23.9. The second-order valence-electron chi connectivity index (χ2n) is 5.06. The van der Waals surface area contributed by atoms with Crippen molar-refractivity contribution in [1.82, 2.24) is 9.97 Å². The van der Waals surface area contributed by atoms with E-state index in [1.807, 2.05) is 31.0 Å². The number of methoxy groups -OCH3 is 1. The van der Waals surface area contributed by atoms with Gasteiger partial charge in [0.1, 0.15) is 16.0 Å². The number of carbonyl (C=O) groups is 1. The van der Waals surface area contributed by atoms with Crippen molar-refractivity contribution in [2.45, 2.75) is 26.4 Å². The van der Waals surface area contributed by atoms with Gasteiger partial charge in [0, 0.05) is 26.0 Å². The van der Waals surface area contributed by atoms with Gasteiger partial charge in [-0.15, -0.1) is 11.3 Å². The van der Waals surface area contributed by atoms with Gasteiger partial charge in [-0.05, 0) is 31.9 Å². The second kappa shape index (κ2) is 5.54. The molecule has 5 nitrogen and oxygen atoms in total. The molecule has 1 unspecified atom stereocenters. The fourth-order valence-corrected chi connectivity index (χ4v) is 3.50. The number of amides is 1. The molecular weight excluding hydrogens is 286 g/mol. The van der Waals surface area contributed by atoms with E-state index in [2.05, 4.69) is 9.97 Å². The average Bonchev–Trinajstić information content (AvgIpc) is 3.09. The monoisotopic (exact) mass is 303 g/mol. The molecule has 0 aliphatic carbocycles. The molecule has 0 radical (unpaired) electrons. The quantitative estimate of drug-likeness (QED) is 0.875. The number of fused-ring (bicyclic) bond motifs is 1. The molecule has 110 valence electrons. The first-order valence-electron chi connectivity index (χ1n) is 6.86. The summed E-state index contributed by atoms with van der Waals surface area (Å²) in [6, 6.07) is 1.90. The molecular formula is C15H17N3O2S. The number of ether oxygens (including phenoxy) is 1. The first-order valence-corrected chi connectivity index (χ1v) is 7.68. The Kier molecular flexibility index (Phi) is 3.73. The lowest BCUT2D eigenvalue weighted by Crippen LogP contribution is -2.28. The van der Waals surface area contributed by atoms with E-state index in [9.17, 15) is 4.79 Å². The Labute approximate surface area is 127 Å². The number of thiazole rings is 1. The topological polar surface area (TPSA) is 55.3 Å². The van der Waals surface area contributed by atoms with Crippen LogP contribution in [-0.4, -0.2) is 29.5 Å². The molecule has 0 saturated carbocycles. The van der Waals surface area contributed by atoms with Gasteiger partial charge in [-0.1, -0.05) is 0 Å². The SMILES string of the molecule is COC(C)c1nc(C)c(C(=O)N2CCc3cnccc32)s1. The normalized spacial score (nSPS) is 15.1. The maximum atomic E-state index is 12.8. The lowest BCUT2D eigenvalue weighted by molar-refractivity contribution is 0.0992. The van der Waals surface area contributed by atoms with Gasteiger partial charge in [0.15, 0.2) is 0 Å². The predicted octanol–water partition coefficient (Wildman–Crippen LogP) is 2.76. The molecule has 1 atom stereocenters.